The third kappa shape index (κ3) is 7.69. The molecule has 0 aliphatic carbocycles. The maximum atomic E-state index is 12.2. The number of carbonyl (C=O) groups excluding carboxylic acids is 1. The number of aromatic nitrogens is 1. The van der Waals surface area contributed by atoms with Gasteiger partial charge in [-0.2, -0.15) is 0 Å². The van der Waals surface area contributed by atoms with Gasteiger partial charge >= 0.3 is 6.03 Å². The van der Waals surface area contributed by atoms with E-state index in [1.165, 1.54) is 5.56 Å². The molecule has 0 atom stereocenters. The van der Waals surface area contributed by atoms with Crippen LogP contribution in [0, 0.1) is 0 Å². The Morgan fingerprint density at radius 1 is 1.14 bits per heavy atom. The van der Waals surface area contributed by atoms with Crippen molar-refractivity contribution >= 4 is 6.03 Å². The smallest absolute Gasteiger partial charge is 0.317 e. The van der Waals surface area contributed by atoms with Gasteiger partial charge in [-0.05, 0) is 43.4 Å². The standard InChI is InChI=1S/C17H29N3O.H2/c1-3-5-14-20(15-6-4-2)17(21)19-11-7-8-16-9-12-18-13-10-16;/h9-10,12-13H,3-8,11,14-15H2,1-2H3,(H,19,21);1H. The Bertz CT molecular complexity index is 379. The second-order valence-corrected chi connectivity index (χ2v) is 5.39. The van der Waals surface area contributed by atoms with Crippen LogP contribution in [-0.2, 0) is 6.42 Å². The molecule has 21 heavy (non-hydrogen) atoms. The summed E-state index contributed by atoms with van der Waals surface area (Å²) in [6, 6.07) is 4.14. The fraction of sp³-hybridized carbons (Fsp3) is 0.647. The molecule has 1 heterocycles. The molecule has 0 bridgehead atoms. The summed E-state index contributed by atoms with van der Waals surface area (Å²) in [4.78, 5) is 18.1. The summed E-state index contributed by atoms with van der Waals surface area (Å²) < 4.78 is 0. The Morgan fingerprint density at radius 3 is 2.33 bits per heavy atom. The molecule has 0 aliphatic rings. The van der Waals surface area contributed by atoms with Crippen LogP contribution in [0.2, 0.25) is 0 Å². The highest BCUT2D eigenvalue weighted by atomic mass is 16.2. The first-order chi connectivity index (χ1) is 10.3. The molecule has 0 saturated carbocycles. The van der Waals surface area contributed by atoms with E-state index in [4.69, 9.17) is 0 Å². The van der Waals surface area contributed by atoms with Crippen molar-refractivity contribution in [2.45, 2.75) is 52.4 Å². The summed E-state index contributed by atoms with van der Waals surface area (Å²) in [5.74, 6) is 0. The number of hydrogen-bond acceptors (Lipinski definition) is 2. The lowest BCUT2D eigenvalue weighted by atomic mass is 10.1. The number of nitrogens with zero attached hydrogens (tertiary/aromatic N) is 2. The largest absolute Gasteiger partial charge is 0.338 e. The molecule has 4 nitrogen and oxygen atoms in total. The van der Waals surface area contributed by atoms with E-state index in [0.29, 0.717) is 0 Å². The predicted octanol–water partition coefficient (Wildman–Crippen LogP) is 3.87. The first-order valence-electron chi connectivity index (χ1n) is 8.19. The molecular formula is C17H31N3O. The predicted molar refractivity (Wildman–Crippen MR) is 89.5 cm³/mol. The number of amides is 2. The maximum absolute atomic E-state index is 12.2. The Morgan fingerprint density at radius 2 is 1.76 bits per heavy atom. The third-order valence-corrected chi connectivity index (χ3v) is 3.52. The highest BCUT2D eigenvalue weighted by molar-refractivity contribution is 5.74. The molecule has 0 fully saturated rings. The van der Waals surface area contributed by atoms with Crippen molar-refractivity contribution in [3.63, 3.8) is 0 Å². The number of pyridine rings is 1. The molecule has 4 heteroatoms. The van der Waals surface area contributed by atoms with Gasteiger partial charge in [0.05, 0.1) is 0 Å². The number of urea groups is 1. The molecule has 0 unspecified atom stereocenters. The molecule has 1 rings (SSSR count). The second-order valence-electron chi connectivity index (χ2n) is 5.39. The summed E-state index contributed by atoms with van der Waals surface area (Å²) in [5.41, 5.74) is 1.27. The topological polar surface area (TPSA) is 45.2 Å². The van der Waals surface area contributed by atoms with Crippen LogP contribution in [0.15, 0.2) is 24.5 Å². The minimum absolute atomic E-state index is 0. The normalized spacial score (nSPS) is 10.4. The van der Waals surface area contributed by atoms with Crippen LogP contribution in [0.25, 0.3) is 0 Å². The third-order valence-electron chi connectivity index (χ3n) is 3.52. The molecular weight excluding hydrogens is 262 g/mol. The van der Waals surface area contributed by atoms with Gasteiger partial charge in [0.2, 0.25) is 0 Å². The first-order valence-corrected chi connectivity index (χ1v) is 8.19. The molecule has 2 amide bonds. The number of rotatable bonds is 10. The van der Waals surface area contributed by atoms with E-state index < -0.39 is 0 Å². The fourth-order valence-electron chi connectivity index (χ4n) is 2.16. The van der Waals surface area contributed by atoms with E-state index in [1.807, 2.05) is 29.4 Å². The van der Waals surface area contributed by atoms with E-state index in [9.17, 15) is 4.79 Å². The van der Waals surface area contributed by atoms with Crippen molar-refractivity contribution in [1.82, 2.24) is 15.2 Å². The van der Waals surface area contributed by atoms with Gasteiger partial charge in [0, 0.05) is 33.5 Å². The van der Waals surface area contributed by atoms with Crippen molar-refractivity contribution in [2.75, 3.05) is 19.6 Å². The van der Waals surface area contributed by atoms with Gasteiger partial charge < -0.3 is 10.2 Å². The molecule has 1 aromatic rings. The van der Waals surface area contributed by atoms with Crippen LogP contribution in [0.4, 0.5) is 4.79 Å². The van der Waals surface area contributed by atoms with Crippen LogP contribution >= 0.6 is 0 Å². The number of carbonyl (C=O) groups is 1. The lowest BCUT2D eigenvalue weighted by molar-refractivity contribution is 0.196. The zero-order valence-corrected chi connectivity index (χ0v) is 13.5. The van der Waals surface area contributed by atoms with Gasteiger partial charge in [-0.3, -0.25) is 4.98 Å². The second kappa shape index (κ2) is 11.1. The Kier molecular flexibility index (Phi) is 9.25. The van der Waals surface area contributed by atoms with E-state index in [0.717, 1.165) is 58.2 Å². The number of aryl methyl sites for hydroxylation is 1. The van der Waals surface area contributed by atoms with E-state index in [1.54, 1.807) is 0 Å². The van der Waals surface area contributed by atoms with Crippen LogP contribution < -0.4 is 5.32 Å². The lowest BCUT2D eigenvalue weighted by Crippen LogP contribution is -2.41. The molecule has 0 radical (unpaired) electrons. The van der Waals surface area contributed by atoms with Gasteiger partial charge in [-0.1, -0.05) is 26.7 Å². The quantitative estimate of drug-likeness (QED) is 0.666. The van der Waals surface area contributed by atoms with Crippen LogP contribution in [-0.4, -0.2) is 35.5 Å². The van der Waals surface area contributed by atoms with E-state index in [2.05, 4.69) is 24.1 Å². The zero-order chi connectivity index (χ0) is 15.3. The zero-order valence-electron chi connectivity index (χ0n) is 13.5. The maximum Gasteiger partial charge on any atom is 0.317 e. The highest BCUT2D eigenvalue weighted by Gasteiger charge is 2.11. The summed E-state index contributed by atoms with van der Waals surface area (Å²) in [6.45, 7) is 6.78. The molecule has 0 aliphatic heterocycles. The SMILES string of the molecule is CCCCN(CCCC)C(=O)NCCCc1ccncc1.[HH]. The van der Waals surface area contributed by atoms with Crippen molar-refractivity contribution < 1.29 is 6.22 Å². The van der Waals surface area contributed by atoms with E-state index in [-0.39, 0.29) is 7.46 Å². The van der Waals surface area contributed by atoms with Crippen molar-refractivity contribution in [2.24, 2.45) is 0 Å². The highest BCUT2D eigenvalue weighted by Crippen LogP contribution is 2.02. The average Bonchev–Trinajstić information content (AvgIpc) is 2.52. The van der Waals surface area contributed by atoms with Crippen LogP contribution in [0.5, 0.6) is 0 Å². The summed E-state index contributed by atoms with van der Waals surface area (Å²) in [7, 11) is 0. The summed E-state index contributed by atoms with van der Waals surface area (Å²) in [5, 5.41) is 3.04. The van der Waals surface area contributed by atoms with Gasteiger partial charge in [0.15, 0.2) is 0 Å². The number of hydrogen-bond donors (Lipinski definition) is 1. The first kappa shape index (κ1) is 17.5. The van der Waals surface area contributed by atoms with Gasteiger partial charge in [-0.15, -0.1) is 0 Å². The van der Waals surface area contributed by atoms with Gasteiger partial charge in [-0.25, -0.2) is 4.79 Å². The van der Waals surface area contributed by atoms with Gasteiger partial charge in [0.25, 0.3) is 0 Å². The number of nitrogens with one attached hydrogen (secondary N) is 1. The minimum atomic E-state index is 0. The molecule has 0 spiro atoms. The van der Waals surface area contributed by atoms with Crippen LogP contribution in [0.3, 0.4) is 0 Å². The monoisotopic (exact) mass is 293 g/mol. The molecule has 1 aromatic heterocycles. The molecule has 0 aromatic carbocycles. The Balaban J connectivity index is 0.00000441. The minimum Gasteiger partial charge on any atom is -0.338 e. The molecule has 1 N–H and O–H groups in total. The average molecular weight is 293 g/mol. The van der Waals surface area contributed by atoms with Crippen molar-refractivity contribution in [3.8, 4) is 0 Å². The lowest BCUT2D eigenvalue weighted by Gasteiger charge is -2.22. The number of unbranched alkanes of at least 4 members (excludes halogenated alkanes) is 2. The summed E-state index contributed by atoms with van der Waals surface area (Å²) in [6.07, 6.45) is 9.96. The van der Waals surface area contributed by atoms with Crippen molar-refractivity contribution in [1.29, 1.82) is 0 Å². The molecule has 0 saturated heterocycles. The van der Waals surface area contributed by atoms with Crippen molar-refractivity contribution in [3.05, 3.63) is 30.1 Å². The van der Waals surface area contributed by atoms with Gasteiger partial charge in [0.1, 0.15) is 0 Å². The fourth-order valence-corrected chi connectivity index (χ4v) is 2.16. The van der Waals surface area contributed by atoms with Crippen LogP contribution in [0.1, 0.15) is 52.9 Å². The molecule has 120 valence electrons. The van der Waals surface area contributed by atoms with E-state index >= 15 is 0 Å². The summed E-state index contributed by atoms with van der Waals surface area (Å²) >= 11 is 0. The Hall–Kier alpha value is -1.58. The Labute approximate surface area is 130 Å².